The summed E-state index contributed by atoms with van der Waals surface area (Å²) in [5, 5.41) is 2.15. The van der Waals surface area contributed by atoms with Crippen LogP contribution in [-0.4, -0.2) is 63.8 Å². The number of methoxy groups -OCH3 is 1. The molecule has 53 heavy (non-hydrogen) atoms. The van der Waals surface area contributed by atoms with Gasteiger partial charge < -0.3 is 19.0 Å². The largest absolute Gasteiger partial charge is 0.456 e. The maximum Gasteiger partial charge on any atom is 0.254 e. The highest BCUT2D eigenvalue weighted by Crippen LogP contribution is 2.42. The Hall–Kier alpha value is -3.64. The molecule has 0 aromatic heterocycles. The highest BCUT2D eigenvalue weighted by molar-refractivity contribution is 6.09. The molecule has 6 nitrogen and oxygen atoms in total. The van der Waals surface area contributed by atoms with Crippen LogP contribution in [0.15, 0.2) is 65.1 Å². The number of amides is 1. The van der Waals surface area contributed by atoms with Gasteiger partial charge in [-0.2, -0.15) is 0 Å². The van der Waals surface area contributed by atoms with Gasteiger partial charge in [-0.1, -0.05) is 109 Å². The van der Waals surface area contributed by atoms with E-state index >= 15 is 0 Å². The zero-order chi connectivity index (χ0) is 37.8. The summed E-state index contributed by atoms with van der Waals surface area (Å²) in [6, 6.07) is 21.2. The van der Waals surface area contributed by atoms with Gasteiger partial charge in [0.1, 0.15) is 24.4 Å². The zero-order valence-electron chi connectivity index (χ0n) is 34.2. The highest BCUT2D eigenvalue weighted by Gasteiger charge is 2.25. The molecule has 0 spiro atoms. The van der Waals surface area contributed by atoms with E-state index in [4.69, 9.17) is 9.15 Å². The van der Waals surface area contributed by atoms with Crippen molar-refractivity contribution >= 4 is 22.6 Å². The van der Waals surface area contributed by atoms with E-state index in [0.717, 1.165) is 95.6 Å². The van der Waals surface area contributed by atoms with Crippen molar-refractivity contribution in [3.8, 4) is 22.5 Å². The summed E-state index contributed by atoms with van der Waals surface area (Å²) >= 11 is 0. The number of unbranched alkanes of at least 4 members (excludes halogenated alkanes) is 13. The standard InChI is InChI=1S/C47H70N3O3/c1-7-12-13-14-15-16-17-18-19-20-21-22-23-26-33-50(34-35-52-6)47(51)41-28-25-24-27-40(41)46-42-31-29-38(48(8-2)9-3)36-44(42)53-45-37-39(30-32-43(45)46)49(10-4)11-5/h24-25,27-32,36-37H,7-23,26,33-35H2,1-6H3/q+1. The normalized spacial score (nSPS) is 11.4. The summed E-state index contributed by atoms with van der Waals surface area (Å²) in [6.07, 6.45) is 18.5. The van der Waals surface area contributed by atoms with Gasteiger partial charge in [-0.15, -0.1) is 0 Å². The Bertz CT molecular complexity index is 1700. The average molecular weight is 725 g/mol. The lowest BCUT2D eigenvalue weighted by molar-refractivity contribution is 0.0692. The molecule has 0 fully saturated rings. The van der Waals surface area contributed by atoms with Crippen molar-refractivity contribution in [2.24, 2.45) is 0 Å². The third-order valence-electron chi connectivity index (χ3n) is 11.0. The summed E-state index contributed by atoms with van der Waals surface area (Å²) in [6.45, 7) is 16.5. The fraction of sp³-hybridized carbons (Fsp3) is 0.574. The van der Waals surface area contributed by atoms with E-state index in [-0.39, 0.29) is 5.91 Å². The molecule has 2 aromatic carbocycles. The van der Waals surface area contributed by atoms with Crippen molar-refractivity contribution in [1.82, 2.24) is 9.48 Å². The first-order chi connectivity index (χ1) is 26.0. The molecule has 2 aromatic rings. The van der Waals surface area contributed by atoms with Gasteiger partial charge in [0.15, 0.2) is 0 Å². The molecular weight excluding hydrogens is 655 g/mol. The second-order valence-electron chi connectivity index (χ2n) is 14.6. The number of nitrogens with zero attached hydrogens (tertiary/aromatic N) is 3. The smallest absolute Gasteiger partial charge is 0.254 e. The molecule has 0 saturated carbocycles. The third-order valence-corrected chi connectivity index (χ3v) is 11.0. The van der Waals surface area contributed by atoms with Gasteiger partial charge in [0, 0.05) is 73.2 Å². The van der Waals surface area contributed by atoms with Crippen molar-refractivity contribution < 1.29 is 13.9 Å². The van der Waals surface area contributed by atoms with Crippen molar-refractivity contribution in [3.63, 3.8) is 0 Å². The van der Waals surface area contributed by atoms with Crippen LogP contribution in [0.1, 0.15) is 135 Å². The van der Waals surface area contributed by atoms with Gasteiger partial charge in [0.05, 0.1) is 12.7 Å². The SMILES string of the molecule is CCCCCCCCCCCCCCCCN(CCOC)C(=O)c1ccccc1-c1c2ccc(=[N+](CC)CC)cc-2oc2cc(N(CC)CC)ccc12. The van der Waals surface area contributed by atoms with Crippen LogP contribution in [0.4, 0.5) is 5.69 Å². The minimum absolute atomic E-state index is 0.0639. The Kier molecular flexibility index (Phi) is 18.4. The Morgan fingerprint density at radius 3 is 1.91 bits per heavy atom. The van der Waals surface area contributed by atoms with E-state index in [9.17, 15) is 4.79 Å². The lowest BCUT2D eigenvalue weighted by atomic mass is 9.90. The van der Waals surface area contributed by atoms with Crippen LogP contribution in [0.3, 0.4) is 0 Å². The number of carbonyl (C=O) groups is 1. The molecule has 1 aliphatic carbocycles. The van der Waals surface area contributed by atoms with Crippen molar-refractivity contribution in [2.45, 2.75) is 125 Å². The predicted molar refractivity (Wildman–Crippen MR) is 226 cm³/mol. The van der Waals surface area contributed by atoms with Crippen LogP contribution in [0.2, 0.25) is 0 Å². The number of hydrogen-bond acceptors (Lipinski definition) is 4. The van der Waals surface area contributed by atoms with Gasteiger partial charge >= 0.3 is 0 Å². The second kappa shape index (κ2) is 23.2. The van der Waals surface area contributed by atoms with Crippen LogP contribution in [0, 0.1) is 0 Å². The minimum atomic E-state index is 0.0639. The first-order valence-corrected chi connectivity index (χ1v) is 21.2. The molecule has 0 saturated heterocycles. The molecule has 6 heteroatoms. The summed E-state index contributed by atoms with van der Waals surface area (Å²) in [4.78, 5) is 18.9. The number of anilines is 1. The van der Waals surface area contributed by atoms with Crippen LogP contribution in [-0.2, 0) is 4.74 Å². The average Bonchev–Trinajstić information content (AvgIpc) is 3.18. The molecule has 0 bridgehead atoms. The fourth-order valence-electron chi connectivity index (χ4n) is 7.80. The van der Waals surface area contributed by atoms with Crippen molar-refractivity contribution in [2.75, 3.05) is 57.9 Å². The quantitative estimate of drug-likeness (QED) is 0.0388. The first-order valence-electron chi connectivity index (χ1n) is 21.2. The van der Waals surface area contributed by atoms with E-state index in [1.165, 1.54) is 77.0 Å². The monoisotopic (exact) mass is 725 g/mol. The molecule has 1 amide bonds. The Balaban J connectivity index is 1.55. The topological polar surface area (TPSA) is 48.9 Å². The van der Waals surface area contributed by atoms with Gasteiger partial charge in [-0.25, -0.2) is 4.58 Å². The van der Waals surface area contributed by atoms with Crippen LogP contribution in [0.25, 0.3) is 33.4 Å². The number of rotatable bonds is 25. The lowest BCUT2D eigenvalue weighted by Crippen LogP contribution is -2.35. The molecule has 0 radical (unpaired) electrons. The first kappa shape index (κ1) is 42.1. The maximum atomic E-state index is 14.6. The Morgan fingerprint density at radius 1 is 0.679 bits per heavy atom. The van der Waals surface area contributed by atoms with Gasteiger partial charge in [-0.05, 0) is 63.9 Å². The molecule has 0 N–H and O–H groups in total. The van der Waals surface area contributed by atoms with E-state index in [0.29, 0.717) is 13.2 Å². The van der Waals surface area contributed by atoms with Crippen molar-refractivity contribution in [3.05, 3.63) is 71.6 Å². The van der Waals surface area contributed by atoms with Crippen LogP contribution >= 0.6 is 0 Å². The van der Waals surface area contributed by atoms with Gasteiger partial charge in [-0.3, -0.25) is 4.79 Å². The molecule has 2 aliphatic rings. The van der Waals surface area contributed by atoms with E-state index < -0.39 is 0 Å². The van der Waals surface area contributed by atoms with Crippen molar-refractivity contribution in [1.29, 1.82) is 0 Å². The number of hydrogen-bond donors (Lipinski definition) is 0. The van der Waals surface area contributed by atoms with Crippen LogP contribution < -0.4 is 14.8 Å². The zero-order valence-corrected chi connectivity index (χ0v) is 34.2. The number of fused-ring (bicyclic) bond motifs is 2. The Morgan fingerprint density at radius 2 is 1.30 bits per heavy atom. The number of ether oxygens (including phenoxy) is 1. The molecule has 4 rings (SSSR count). The Labute approximate surface area is 321 Å². The van der Waals surface area contributed by atoms with E-state index in [2.05, 4.69) is 92.6 Å². The molecule has 0 atom stereocenters. The summed E-state index contributed by atoms with van der Waals surface area (Å²) < 4.78 is 14.6. The summed E-state index contributed by atoms with van der Waals surface area (Å²) in [7, 11) is 1.72. The van der Waals surface area contributed by atoms with E-state index in [1.54, 1.807) is 7.11 Å². The minimum Gasteiger partial charge on any atom is -0.456 e. The third kappa shape index (κ3) is 11.9. The lowest BCUT2D eigenvalue weighted by Gasteiger charge is -2.25. The number of carbonyl (C=O) groups excluding carboxylic acids is 1. The highest BCUT2D eigenvalue weighted by atomic mass is 16.5. The van der Waals surface area contributed by atoms with E-state index in [1.807, 2.05) is 17.0 Å². The van der Waals surface area contributed by atoms with Gasteiger partial charge in [0.2, 0.25) is 5.36 Å². The molecular formula is C47H70N3O3+. The van der Waals surface area contributed by atoms with Gasteiger partial charge in [0.25, 0.3) is 5.91 Å². The maximum absolute atomic E-state index is 14.6. The fourth-order valence-corrected chi connectivity index (χ4v) is 7.80. The molecule has 290 valence electrons. The number of benzene rings is 3. The molecule has 0 unspecified atom stereocenters. The predicted octanol–water partition coefficient (Wildman–Crippen LogP) is 11.4. The molecule has 1 heterocycles. The summed E-state index contributed by atoms with van der Waals surface area (Å²) in [5.41, 5.74) is 5.70. The molecule has 1 aliphatic heterocycles. The summed E-state index contributed by atoms with van der Waals surface area (Å²) in [5.74, 6) is 0.892. The second-order valence-corrected chi connectivity index (χ2v) is 14.6. The van der Waals surface area contributed by atoms with Crippen LogP contribution in [0.5, 0.6) is 0 Å².